The third-order valence-electron chi connectivity index (χ3n) is 5.51. The lowest BCUT2D eigenvalue weighted by atomic mass is 10.1. The number of hydrogen-bond acceptors (Lipinski definition) is 8. The summed E-state index contributed by atoms with van der Waals surface area (Å²) in [6.07, 6.45) is 3.47. The zero-order valence-corrected chi connectivity index (χ0v) is 16.4. The molecule has 0 radical (unpaired) electrons. The number of aryl methyl sites for hydroxylation is 2. The first kappa shape index (κ1) is 17.8. The van der Waals surface area contributed by atoms with Crippen molar-refractivity contribution < 1.29 is 5.11 Å². The van der Waals surface area contributed by atoms with Crippen molar-refractivity contribution in [3.8, 4) is 11.3 Å². The lowest BCUT2D eigenvalue weighted by Crippen LogP contribution is -2.52. The molecule has 0 saturated carbocycles. The number of fused-ring (bicyclic) bond motifs is 4. The van der Waals surface area contributed by atoms with E-state index in [9.17, 15) is 5.11 Å². The lowest BCUT2D eigenvalue weighted by Gasteiger charge is -2.40. The van der Waals surface area contributed by atoms with Crippen molar-refractivity contribution in [3.63, 3.8) is 0 Å². The van der Waals surface area contributed by atoms with Crippen LogP contribution >= 0.6 is 0 Å². The van der Waals surface area contributed by atoms with Gasteiger partial charge in [-0.3, -0.25) is 4.98 Å². The Hall–Kier alpha value is -3.26. The van der Waals surface area contributed by atoms with Gasteiger partial charge in [-0.15, -0.1) is 0 Å². The second kappa shape index (κ2) is 6.97. The Morgan fingerprint density at radius 1 is 1.07 bits per heavy atom. The number of nitrogens with zero attached hydrogens (tertiary/aromatic N) is 6. The van der Waals surface area contributed by atoms with Crippen LogP contribution in [0.25, 0.3) is 11.3 Å². The molecule has 8 heteroatoms. The van der Waals surface area contributed by atoms with Crippen molar-refractivity contribution in [3.05, 3.63) is 54.1 Å². The Morgan fingerprint density at radius 3 is 2.76 bits per heavy atom. The Morgan fingerprint density at radius 2 is 1.93 bits per heavy atom. The van der Waals surface area contributed by atoms with Crippen molar-refractivity contribution in [1.82, 2.24) is 19.9 Å². The average molecular weight is 389 g/mol. The summed E-state index contributed by atoms with van der Waals surface area (Å²) >= 11 is 0. The van der Waals surface area contributed by atoms with Gasteiger partial charge >= 0.3 is 0 Å². The molecule has 2 N–H and O–H groups in total. The van der Waals surface area contributed by atoms with Gasteiger partial charge in [-0.05, 0) is 50.6 Å². The molecular formula is C21H23N7O. The summed E-state index contributed by atoms with van der Waals surface area (Å²) in [4.78, 5) is 22.1. The normalized spacial score (nSPS) is 18.5. The van der Waals surface area contributed by atoms with Crippen LogP contribution in [0.4, 0.5) is 17.5 Å². The molecule has 1 fully saturated rings. The Balaban J connectivity index is 1.53. The zero-order valence-electron chi connectivity index (χ0n) is 16.4. The number of nitrogens with one attached hydrogen (secondary N) is 1. The molecular weight excluding hydrogens is 366 g/mol. The van der Waals surface area contributed by atoms with Gasteiger partial charge in [0.05, 0.1) is 17.4 Å². The van der Waals surface area contributed by atoms with E-state index < -0.39 is 6.35 Å². The summed E-state index contributed by atoms with van der Waals surface area (Å²) in [5.74, 6) is 1.18. The highest BCUT2D eigenvalue weighted by Gasteiger charge is 2.40. The summed E-state index contributed by atoms with van der Waals surface area (Å²) in [5, 5.41) is 14.1. The van der Waals surface area contributed by atoms with Crippen LogP contribution in [-0.4, -0.2) is 50.5 Å². The van der Waals surface area contributed by atoms with E-state index >= 15 is 0 Å². The van der Waals surface area contributed by atoms with Crippen LogP contribution in [0.3, 0.4) is 0 Å². The molecule has 2 aliphatic heterocycles. The molecule has 2 aliphatic rings. The highest BCUT2D eigenvalue weighted by atomic mass is 16.3. The number of aliphatic hydroxyl groups excluding tert-OH is 1. The summed E-state index contributed by atoms with van der Waals surface area (Å²) in [6, 6.07) is 10.1. The van der Waals surface area contributed by atoms with Gasteiger partial charge in [0.1, 0.15) is 0 Å². The van der Waals surface area contributed by atoms with Crippen LogP contribution in [-0.2, 0) is 0 Å². The van der Waals surface area contributed by atoms with Gasteiger partial charge in [0.2, 0.25) is 12.3 Å². The topological polar surface area (TPSA) is 90.3 Å². The molecule has 5 rings (SSSR count). The standard InChI is InChI=1S/C21H23N7O/c1-13-5-8-23-20(24-13)26-21(29)28-16-7-10-27(12-16)18-4-3-17(25-19(18)28)15-6-9-22-14(2)11-15/h3-6,8-9,11,16,21,29H,7,10,12H2,1-2H3,(H,23,24,26)/t16-,21?/m0/s1. The Kier molecular flexibility index (Phi) is 4.28. The van der Waals surface area contributed by atoms with E-state index in [-0.39, 0.29) is 6.04 Å². The number of pyridine rings is 2. The molecule has 2 atom stereocenters. The Bertz CT molecular complexity index is 1060. The van der Waals surface area contributed by atoms with E-state index in [2.05, 4.69) is 31.2 Å². The van der Waals surface area contributed by atoms with Gasteiger partial charge in [0.15, 0.2) is 5.82 Å². The molecule has 0 aliphatic carbocycles. The van der Waals surface area contributed by atoms with E-state index in [0.29, 0.717) is 5.95 Å². The molecule has 0 aromatic carbocycles. The summed E-state index contributed by atoms with van der Waals surface area (Å²) in [5.41, 5.74) is 4.70. The first-order valence-corrected chi connectivity index (χ1v) is 9.80. The second-order valence-corrected chi connectivity index (χ2v) is 7.56. The van der Waals surface area contributed by atoms with Gasteiger partial charge in [-0.25, -0.2) is 15.0 Å². The molecule has 0 spiro atoms. The third kappa shape index (κ3) is 3.25. The molecule has 29 heavy (non-hydrogen) atoms. The van der Waals surface area contributed by atoms with E-state index in [4.69, 9.17) is 4.98 Å². The minimum Gasteiger partial charge on any atom is -0.366 e. The third-order valence-corrected chi connectivity index (χ3v) is 5.51. The van der Waals surface area contributed by atoms with Crippen LogP contribution in [0.2, 0.25) is 0 Å². The van der Waals surface area contributed by atoms with E-state index in [1.807, 2.05) is 43.0 Å². The largest absolute Gasteiger partial charge is 0.366 e. The van der Waals surface area contributed by atoms with Gasteiger partial charge in [-0.2, -0.15) is 0 Å². The van der Waals surface area contributed by atoms with E-state index in [1.165, 1.54) is 0 Å². The molecule has 5 heterocycles. The highest BCUT2D eigenvalue weighted by molar-refractivity contribution is 5.76. The van der Waals surface area contributed by atoms with Crippen molar-refractivity contribution in [1.29, 1.82) is 0 Å². The summed E-state index contributed by atoms with van der Waals surface area (Å²) < 4.78 is 0. The Labute approximate surface area is 169 Å². The molecule has 2 bridgehead atoms. The predicted molar refractivity (Wildman–Crippen MR) is 112 cm³/mol. The van der Waals surface area contributed by atoms with Crippen LogP contribution in [0.15, 0.2) is 42.7 Å². The first-order chi connectivity index (χ1) is 14.1. The van der Waals surface area contributed by atoms with Crippen LogP contribution in [0.1, 0.15) is 17.8 Å². The number of aromatic nitrogens is 4. The van der Waals surface area contributed by atoms with Crippen molar-refractivity contribution in [2.24, 2.45) is 0 Å². The van der Waals surface area contributed by atoms with Crippen molar-refractivity contribution >= 4 is 17.5 Å². The van der Waals surface area contributed by atoms with Crippen LogP contribution < -0.4 is 15.1 Å². The fraction of sp³-hybridized carbons (Fsp3) is 0.333. The minimum absolute atomic E-state index is 0.178. The highest BCUT2D eigenvalue weighted by Crippen LogP contribution is 2.40. The average Bonchev–Trinajstić information content (AvgIpc) is 3.12. The second-order valence-electron chi connectivity index (χ2n) is 7.56. The van der Waals surface area contributed by atoms with Crippen molar-refractivity contribution in [2.75, 3.05) is 28.2 Å². The lowest BCUT2D eigenvalue weighted by molar-refractivity contribution is 0.184. The number of rotatable bonds is 4. The molecule has 1 unspecified atom stereocenters. The fourth-order valence-electron chi connectivity index (χ4n) is 4.12. The van der Waals surface area contributed by atoms with Crippen LogP contribution in [0.5, 0.6) is 0 Å². The zero-order chi connectivity index (χ0) is 20.0. The maximum atomic E-state index is 11.1. The molecule has 1 saturated heterocycles. The SMILES string of the molecule is Cc1cc(-c2ccc3c(n2)N(C(O)Nc2nccc(C)n2)[C@H]2CCN3C2)ccn1. The molecule has 8 nitrogen and oxygen atoms in total. The quantitative estimate of drug-likeness (QED) is 0.657. The van der Waals surface area contributed by atoms with E-state index in [0.717, 1.165) is 53.7 Å². The van der Waals surface area contributed by atoms with Gasteiger partial charge in [-0.1, -0.05) is 0 Å². The number of aliphatic hydroxyl groups is 1. The number of anilines is 3. The molecule has 148 valence electrons. The summed E-state index contributed by atoms with van der Waals surface area (Å²) in [7, 11) is 0. The maximum Gasteiger partial charge on any atom is 0.226 e. The first-order valence-electron chi connectivity index (χ1n) is 9.80. The monoisotopic (exact) mass is 389 g/mol. The predicted octanol–water partition coefficient (Wildman–Crippen LogP) is 2.34. The smallest absolute Gasteiger partial charge is 0.226 e. The molecule has 0 amide bonds. The van der Waals surface area contributed by atoms with E-state index in [1.54, 1.807) is 12.4 Å². The van der Waals surface area contributed by atoms with Crippen molar-refractivity contribution in [2.45, 2.75) is 32.7 Å². The fourth-order valence-corrected chi connectivity index (χ4v) is 4.12. The van der Waals surface area contributed by atoms with Crippen LogP contribution in [0, 0.1) is 13.8 Å². The minimum atomic E-state index is -0.970. The maximum absolute atomic E-state index is 11.1. The van der Waals surface area contributed by atoms with Gasteiger partial charge < -0.3 is 20.2 Å². The van der Waals surface area contributed by atoms with Gasteiger partial charge in [0, 0.05) is 42.4 Å². The summed E-state index contributed by atoms with van der Waals surface area (Å²) in [6.45, 7) is 5.69. The number of hydrogen-bond donors (Lipinski definition) is 2. The van der Waals surface area contributed by atoms with Gasteiger partial charge in [0.25, 0.3) is 0 Å². The molecule has 3 aromatic rings. The molecule has 3 aromatic heterocycles.